The maximum absolute atomic E-state index is 11.7. The third kappa shape index (κ3) is 9.76. The predicted molar refractivity (Wildman–Crippen MR) is 102 cm³/mol. The number of hydrogen-bond acceptors (Lipinski definition) is 6. The molecule has 0 N–H and O–H groups in total. The molecule has 17 heteroatoms. The summed E-state index contributed by atoms with van der Waals surface area (Å²) in [6.45, 7) is 8.62. The molecule has 1 fully saturated rings. The van der Waals surface area contributed by atoms with Gasteiger partial charge in [0.1, 0.15) is 6.54 Å². The third-order valence-electron chi connectivity index (χ3n) is 4.40. The summed E-state index contributed by atoms with van der Waals surface area (Å²) in [5.74, 6) is 0.322. The Balaban J connectivity index is 0.000000607. The smallest absolute Gasteiger partial charge is 0.421 e. The van der Waals surface area contributed by atoms with Gasteiger partial charge in [-0.25, -0.2) is 16.8 Å². The van der Waals surface area contributed by atoms with Gasteiger partial charge >= 0.3 is 11.0 Å². The number of rotatable bonds is 9. The van der Waals surface area contributed by atoms with Crippen LogP contribution in [0.2, 0.25) is 0 Å². The van der Waals surface area contributed by atoms with Crippen molar-refractivity contribution in [2.24, 2.45) is 0 Å². The molecule has 0 bridgehead atoms. The molecule has 1 aliphatic heterocycles. The molecule has 1 saturated heterocycles. The monoisotopic (exact) mass is 523 g/mol. The van der Waals surface area contributed by atoms with Crippen LogP contribution in [-0.4, -0.2) is 96.1 Å². The number of nitrogens with zero attached hydrogens (tertiary/aromatic N) is 3. The van der Waals surface area contributed by atoms with E-state index < -0.39 is 31.1 Å². The first-order chi connectivity index (χ1) is 14.2. The van der Waals surface area contributed by atoms with Gasteiger partial charge in [-0.05, 0) is 20.3 Å². The van der Waals surface area contributed by atoms with Crippen LogP contribution in [0.3, 0.4) is 0 Å². The fourth-order valence-electron chi connectivity index (χ4n) is 2.38. The van der Waals surface area contributed by atoms with E-state index in [1.807, 2.05) is 11.8 Å². The van der Waals surface area contributed by atoms with Crippen molar-refractivity contribution in [2.45, 2.75) is 43.7 Å². The minimum absolute atomic E-state index is 0.322. The highest BCUT2D eigenvalue weighted by atomic mass is 32.3. The lowest BCUT2D eigenvalue weighted by Crippen LogP contribution is -2.48. The molecular formula is C15H27F6N3O6S2. The quantitative estimate of drug-likeness (QED) is 0.260. The molecule has 1 rings (SSSR count). The second-order valence-corrected chi connectivity index (χ2v) is 10.9. The molecule has 0 spiro atoms. The molecule has 9 nitrogen and oxygen atoms in total. The summed E-state index contributed by atoms with van der Waals surface area (Å²) in [7, 11) is -9.05. The Hall–Kier alpha value is -1.17. The molecule has 0 radical (unpaired) electrons. The Morgan fingerprint density at radius 2 is 1.50 bits per heavy atom. The predicted octanol–water partition coefficient (Wildman–Crippen LogP) is 2.17. The van der Waals surface area contributed by atoms with Crippen LogP contribution in [0.25, 0.3) is 4.13 Å². The summed E-state index contributed by atoms with van der Waals surface area (Å²) in [4.78, 5) is 13.7. The molecule has 0 aliphatic carbocycles. The van der Waals surface area contributed by atoms with Crippen molar-refractivity contribution in [2.75, 3.05) is 46.9 Å². The fraction of sp³-hybridized carbons (Fsp3) is 0.933. The molecule has 0 aromatic rings. The largest absolute Gasteiger partial charge is 0.480 e. The maximum atomic E-state index is 11.7. The number of hydrogen-bond donors (Lipinski definition) is 0. The molecule has 32 heavy (non-hydrogen) atoms. The standard InChI is InChI=1S/C13H27N2O2.C2F6NO4S2/c1-5-17-11-10-15(3,4)9-8-14-12(2)6-7-13(14)16;3-1(4,5)14(10,11)9-15(12,13)2(6,7)8/h12H,5-11H2,1-4H3;/q+1;-1. The van der Waals surface area contributed by atoms with E-state index in [0.717, 1.165) is 54.3 Å². The van der Waals surface area contributed by atoms with Crippen molar-refractivity contribution >= 4 is 26.0 Å². The second kappa shape index (κ2) is 11.3. The van der Waals surface area contributed by atoms with Gasteiger partial charge in [0.15, 0.2) is 20.0 Å². The summed E-state index contributed by atoms with van der Waals surface area (Å²) in [6, 6.07) is 0.425. The van der Waals surface area contributed by atoms with Crippen molar-refractivity contribution in [3.05, 3.63) is 4.13 Å². The molecule has 192 valence electrons. The number of carbonyl (C=O) groups is 1. The van der Waals surface area contributed by atoms with Gasteiger partial charge in [-0.15, -0.1) is 0 Å². The number of sulfonamides is 2. The zero-order valence-electron chi connectivity index (χ0n) is 17.9. The van der Waals surface area contributed by atoms with Crippen molar-refractivity contribution in [3.8, 4) is 0 Å². The number of halogens is 6. The van der Waals surface area contributed by atoms with E-state index in [9.17, 15) is 48.0 Å². The zero-order valence-corrected chi connectivity index (χ0v) is 19.5. The third-order valence-corrected chi connectivity index (χ3v) is 7.14. The van der Waals surface area contributed by atoms with Crippen LogP contribution in [0.5, 0.6) is 0 Å². The molecule has 0 saturated carbocycles. The lowest BCUT2D eigenvalue weighted by atomic mass is 10.2. The first kappa shape index (κ1) is 30.8. The van der Waals surface area contributed by atoms with Crippen LogP contribution in [0.15, 0.2) is 0 Å². The topological polar surface area (TPSA) is 112 Å². The van der Waals surface area contributed by atoms with E-state index in [1.165, 1.54) is 0 Å². The number of carbonyl (C=O) groups excluding carboxylic acids is 1. The first-order valence-electron chi connectivity index (χ1n) is 9.23. The number of ether oxygens (including phenoxy) is 1. The molecule has 1 unspecified atom stereocenters. The molecule has 1 aliphatic rings. The van der Waals surface area contributed by atoms with Crippen LogP contribution < -0.4 is 0 Å². The van der Waals surface area contributed by atoms with Crippen molar-refractivity contribution < 1.29 is 57.2 Å². The van der Waals surface area contributed by atoms with Gasteiger partial charge in [-0.3, -0.25) is 4.79 Å². The number of quaternary nitrogens is 1. The number of amides is 1. The van der Waals surface area contributed by atoms with E-state index in [0.29, 0.717) is 11.9 Å². The Kier molecular flexibility index (Phi) is 10.9. The van der Waals surface area contributed by atoms with Crippen molar-refractivity contribution in [1.82, 2.24) is 4.90 Å². The Labute approximate surface area is 183 Å². The number of alkyl halides is 6. The van der Waals surface area contributed by atoms with Gasteiger partial charge in [-0.1, -0.05) is 0 Å². The number of likely N-dealkylation sites (tertiary alicyclic amines) is 1. The highest BCUT2D eigenvalue weighted by molar-refractivity contribution is 8.13. The summed E-state index contributed by atoms with van der Waals surface area (Å²) >= 11 is 0. The van der Waals surface area contributed by atoms with Gasteiger partial charge < -0.3 is 18.2 Å². The Morgan fingerprint density at radius 3 is 1.84 bits per heavy atom. The molecule has 0 aromatic heterocycles. The average molecular weight is 524 g/mol. The molecule has 0 aromatic carbocycles. The van der Waals surface area contributed by atoms with Gasteiger partial charge in [0.25, 0.3) is 0 Å². The highest BCUT2D eigenvalue weighted by Gasteiger charge is 2.46. The number of likely N-dealkylation sites (N-methyl/N-ethyl adjacent to an activating group) is 1. The van der Waals surface area contributed by atoms with Crippen LogP contribution >= 0.6 is 0 Å². The lowest BCUT2D eigenvalue weighted by Gasteiger charge is -2.32. The lowest BCUT2D eigenvalue weighted by molar-refractivity contribution is -0.890. The van der Waals surface area contributed by atoms with Gasteiger partial charge in [0, 0.05) is 19.1 Å². The van der Waals surface area contributed by atoms with Crippen LogP contribution in [0.4, 0.5) is 26.3 Å². The molecule has 1 amide bonds. The summed E-state index contributed by atoms with van der Waals surface area (Å²) in [5, 5.41) is 0. The van der Waals surface area contributed by atoms with Crippen molar-refractivity contribution in [1.29, 1.82) is 0 Å². The van der Waals surface area contributed by atoms with E-state index in [2.05, 4.69) is 21.0 Å². The van der Waals surface area contributed by atoms with Crippen LogP contribution in [-0.2, 0) is 29.6 Å². The van der Waals surface area contributed by atoms with E-state index in [1.54, 1.807) is 0 Å². The van der Waals surface area contributed by atoms with Crippen molar-refractivity contribution in [3.63, 3.8) is 0 Å². The first-order valence-corrected chi connectivity index (χ1v) is 12.1. The van der Waals surface area contributed by atoms with Gasteiger partial charge in [0.2, 0.25) is 5.91 Å². The normalized spacial score (nSPS) is 18.5. The second-order valence-electron chi connectivity index (χ2n) is 7.47. The van der Waals surface area contributed by atoms with E-state index in [4.69, 9.17) is 4.74 Å². The highest BCUT2D eigenvalue weighted by Crippen LogP contribution is 2.36. The van der Waals surface area contributed by atoms with E-state index >= 15 is 0 Å². The average Bonchev–Trinajstić information content (AvgIpc) is 2.89. The minimum atomic E-state index is -6.72. The van der Waals surface area contributed by atoms with Crippen LogP contribution in [0, 0.1) is 0 Å². The molecule has 1 heterocycles. The maximum Gasteiger partial charge on any atom is 0.480 e. The Morgan fingerprint density at radius 1 is 1.03 bits per heavy atom. The molecular weight excluding hydrogens is 496 g/mol. The zero-order chi connectivity index (χ0) is 25.6. The Bertz CT molecular complexity index is 786. The van der Waals surface area contributed by atoms with Gasteiger partial charge in [0.05, 0.1) is 33.8 Å². The minimum Gasteiger partial charge on any atom is -0.421 e. The van der Waals surface area contributed by atoms with Crippen LogP contribution in [0.1, 0.15) is 26.7 Å². The molecule has 1 atom stereocenters. The summed E-state index contributed by atoms with van der Waals surface area (Å²) < 4.78 is 115. The fourth-order valence-corrected chi connectivity index (χ4v) is 4.09. The summed E-state index contributed by atoms with van der Waals surface area (Å²) in [6.07, 6.45) is 1.75. The summed E-state index contributed by atoms with van der Waals surface area (Å²) in [5.41, 5.74) is -12.4. The van der Waals surface area contributed by atoms with Gasteiger partial charge in [-0.2, -0.15) is 26.3 Å². The SMILES string of the molecule is CCOCC[N+](C)(C)CCN1C(=O)CCC1C.O=S(=O)([N-]S(=O)(=O)C(F)(F)F)C(F)(F)F. The van der Waals surface area contributed by atoms with E-state index in [-0.39, 0.29) is 0 Å².